The Morgan fingerprint density at radius 1 is 1.17 bits per heavy atom. The molecule has 2 bridgehead atoms. The van der Waals surface area contributed by atoms with Crippen molar-refractivity contribution in [2.45, 2.75) is 87.0 Å². The van der Waals surface area contributed by atoms with E-state index in [1.807, 2.05) is 43.3 Å². The van der Waals surface area contributed by atoms with Crippen LogP contribution in [0.5, 0.6) is 11.5 Å². The maximum atomic E-state index is 13.6. The van der Waals surface area contributed by atoms with Crippen LogP contribution in [0.2, 0.25) is 0 Å². The Morgan fingerprint density at radius 3 is 2.72 bits per heavy atom. The molecule has 7 rings (SSSR count). The van der Waals surface area contributed by atoms with Gasteiger partial charge in [0.25, 0.3) is 0 Å². The molecule has 0 radical (unpaired) electrons. The summed E-state index contributed by atoms with van der Waals surface area (Å²) in [7, 11) is 0. The van der Waals surface area contributed by atoms with Gasteiger partial charge in [0.15, 0.2) is 11.5 Å². The molecule has 3 N–H and O–H groups in total. The Labute approximate surface area is 212 Å². The predicted octanol–water partition coefficient (Wildman–Crippen LogP) is 3.63. The first-order valence-electron chi connectivity index (χ1n) is 13.8. The fraction of sp³-hybridized carbons (Fsp3) is 0.567. The van der Waals surface area contributed by atoms with Gasteiger partial charge in [-0.05, 0) is 74.6 Å². The van der Waals surface area contributed by atoms with Gasteiger partial charge in [-0.2, -0.15) is 0 Å². The highest BCUT2D eigenvalue weighted by atomic mass is 16.5. The molecule has 6 nitrogen and oxygen atoms in total. The van der Waals surface area contributed by atoms with Crippen molar-refractivity contribution in [2.75, 3.05) is 13.1 Å². The third-order valence-electron chi connectivity index (χ3n) is 10.0. The van der Waals surface area contributed by atoms with Crippen LogP contribution in [0.15, 0.2) is 42.5 Å². The van der Waals surface area contributed by atoms with E-state index in [4.69, 9.17) is 4.74 Å². The Hall–Kier alpha value is -2.57. The SMILES string of the molecule is CCC(C(=O)NC1CC[C@@]2(O)[C@H]3Cc4ccc(O)c5c4[C@@]2(CCN3CC2CC2)C1O5)c1ccccc1. The summed E-state index contributed by atoms with van der Waals surface area (Å²) in [6, 6.07) is 13.5. The number of aromatic hydroxyl groups is 1. The molecular weight excluding hydrogens is 452 g/mol. The Morgan fingerprint density at radius 2 is 1.97 bits per heavy atom. The molecule has 3 unspecified atom stereocenters. The van der Waals surface area contributed by atoms with Crippen molar-refractivity contribution < 1.29 is 19.7 Å². The Bertz CT molecular complexity index is 1200. The van der Waals surface area contributed by atoms with Crippen LogP contribution in [0.1, 0.15) is 68.1 Å². The maximum absolute atomic E-state index is 13.6. The minimum Gasteiger partial charge on any atom is -0.504 e. The van der Waals surface area contributed by atoms with Crippen molar-refractivity contribution in [2.24, 2.45) is 5.92 Å². The van der Waals surface area contributed by atoms with E-state index in [1.54, 1.807) is 6.07 Å². The van der Waals surface area contributed by atoms with Crippen LogP contribution in [0.3, 0.4) is 0 Å². The van der Waals surface area contributed by atoms with Gasteiger partial charge in [0.05, 0.1) is 23.0 Å². The molecular formula is C30H36N2O4. The number of carbonyl (C=O) groups is 1. The molecule has 3 aliphatic carbocycles. The first kappa shape index (κ1) is 22.6. The van der Waals surface area contributed by atoms with E-state index >= 15 is 0 Å². The summed E-state index contributed by atoms with van der Waals surface area (Å²) < 4.78 is 6.59. The number of likely N-dealkylation sites (tertiary alicyclic amines) is 1. The van der Waals surface area contributed by atoms with Crippen LogP contribution < -0.4 is 10.1 Å². The lowest BCUT2D eigenvalue weighted by Gasteiger charge is -2.64. The monoisotopic (exact) mass is 488 g/mol. The average Bonchev–Trinajstić information content (AvgIpc) is 3.62. The number of ether oxygens (including phenoxy) is 1. The third kappa shape index (κ3) is 3.00. The molecule has 190 valence electrons. The number of nitrogens with one attached hydrogen (secondary N) is 1. The molecule has 2 aliphatic heterocycles. The first-order chi connectivity index (χ1) is 17.5. The second-order valence-corrected chi connectivity index (χ2v) is 11.8. The van der Waals surface area contributed by atoms with Crippen LogP contribution in [0.4, 0.5) is 0 Å². The number of benzene rings is 2. The zero-order valence-corrected chi connectivity index (χ0v) is 21.0. The number of carbonyl (C=O) groups excluding carboxylic acids is 1. The molecule has 5 aliphatic rings. The van der Waals surface area contributed by atoms with E-state index in [0.29, 0.717) is 25.0 Å². The highest BCUT2D eigenvalue weighted by Crippen LogP contribution is 2.65. The van der Waals surface area contributed by atoms with Crippen LogP contribution in [0.25, 0.3) is 0 Å². The molecule has 1 amide bonds. The molecule has 3 fully saturated rings. The second-order valence-electron chi connectivity index (χ2n) is 11.8. The largest absolute Gasteiger partial charge is 0.504 e. The maximum Gasteiger partial charge on any atom is 0.227 e. The smallest absolute Gasteiger partial charge is 0.227 e. The lowest BCUT2D eigenvalue weighted by Crippen LogP contribution is -2.78. The molecule has 1 spiro atoms. The first-order valence-corrected chi connectivity index (χ1v) is 13.8. The lowest BCUT2D eigenvalue weighted by molar-refractivity contribution is -0.192. The molecule has 0 aromatic heterocycles. The molecule has 2 aromatic rings. The van der Waals surface area contributed by atoms with Crippen molar-refractivity contribution in [3.05, 3.63) is 59.2 Å². The van der Waals surface area contributed by atoms with Crippen molar-refractivity contribution in [3.8, 4) is 11.5 Å². The lowest BCUT2D eigenvalue weighted by atomic mass is 9.48. The summed E-state index contributed by atoms with van der Waals surface area (Å²) in [6.07, 6.45) is 5.77. The van der Waals surface area contributed by atoms with Crippen LogP contribution in [-0.4, -0.2) is 57.9 Å². The van der Waals surface area contributed by atoms with E-state index in [0.717, 1.165) is 43.0 Å². The van der Waals surface area contributed by atoms with Gasteiger partial charge >= 0.3 is 0 Å². The molecule has 6 heteroatoms. The highest BCUT2D eigenvalue weighted by Gasteiger charge is 2.73. The summed E-state index contributed by atoms with van der Waals surface area (Å²) in [4.78, 5) is 16.1. The number of phenols is 1. The van der Waals surface area contributed by atoms with E-state index in [2.05, 4.69) is 10.2 Å². The minimum atomic E-state index is -0.929. The quantitative estimate of drug-likeness (QED) is 0.579. The van der Waals surface area contributed by atoms with Crippen molar-refractivity contribution in [3.63, 3.8) is 0 Å². The second kappa shape index (κ2) is 7.96. The summed E-state index contributed by atoms with van der Waals surface area (Å²) in [5.74, 6) is 1.21. The van der Waals surface area contributed by atoms with Gasteiger partial charge in [0.2, 0.25) is 5.91 Å². The number of hydrogen-bond donors (Lipinski definition) is 3. The molecule has 36 heavy (non-hydrogen) atoms. The summed E-state index contributed by atoms with van der Waals surface area (Å²) >= 11 is 0. The predicted molar refractivity (Wildman–Crippen MR) is 136 cm³/mol. The standard InChI is InChI=1S/C30H36N2O4/c1-2-21(19-6-4-3-5-7-19)28(34)31-22-12-13-30(35)24-16-20-10-11-23(33)26-25(20)29(30,27(22)36-26)14-15-32(24)17-18-8-9-18/h3-7,10-11,18,21-22,24,27,33,35H,2,8-9,12-17H2,1H3,(H,31,34)/t21?,22?,24-,27?,29+,30-/m1/s1. The molecule has 2 aromatic carbocycles. The third-order valence-corrected chi connectivity index (χ3v) is 10.0. The van der Waals surface area contributed by atoms with Gasteiger partial charge in [-0.3, -0.25) is 9.69 Å². The molecule has 2 heterocycles. The average molecular weight is 489 g/mol. The topological polar surface area (TPSA) is 82.0 Å². The van der Waals surface area contributed by atoms with Gasteiger partial charge in [-0.1, -0.05) is 43.3 Å². The van der Waals surface area contributed by atoms with E-state index in [9.17, 15) is 15.0 Å². The Kier molecular flexibility index (Phi) is 5.00. The van der Waals surface area contributed by atoms with Crippen molar-refractivity contribution >= 4 is 5.91 Å². The summed E-state index contributed by atoms with van der Waals surface area (Å²) in [5, 5.41) is 26.7. The number of aliphatic hydroxyl groups is 1. The molecule has 1 saturated heterocycles. The van der Waals surface area contributed by atoms with Gasteiger partial charge in [-0.25, -0.2) is 0 Å². The zero-order chi connectivity index (χ0) is 24.7. The number of nitrogens with zero attached hydrogens (tertiary/aromatic N) is 1. The number of hydrogen-bond acceptors (Lipinski definition) is 5. The number of piperidine rings is 1. The van der Waals surface area contributed by atoms with E-state index in [1.165, 1.54) is 18.4 Å². The van der Waals surface area contributed by atoms with Crippen molar-refractivity contribution in [1.29, 1.82) is 0 Å². The molecule has 6 atom stereocenters. The normalized spacial score (nSPS) is 35.0. The molecule has 2 saturated carbocycles. The number of phenolic OH excluding ortho intramolecular Hbond substituents is 1. The highest BCUT2D eigenvalue weighted by molar-refractivity contribution is 5.84. The minimum absolute atomic E-state index is 0.0121. The summed E-state index contributed by atoms with van der Waals surface area (Å²) in [5.41, 5.74) is 1.67. The van der Waals surface area contributed by atoms with Gasteiger partial charge in [-0.15, -0.1) is 0 Å². The van der Waals surface area contributed by atoms with E-state index in [-0.39, 0.29) is 35.8 Å². The van der Waals surface area contributed by atoms with Crippen LogP contribution in [0, 0.1) is 5.92 Å². The van der Waals surface area contributed by atoms with Gasteiger partial charge in [0.1, 0.15) is 6.10 Å². The summed E-state index contributed by atoms with van der Waals surface area (Å²) in [6.45, 7) is 4.02. The van der Waals surface area contributed by atoms with E-state index < -0.39 is 11.0 Å². The zero-order valence-electron chi connectivity index (χ0n) is 21.0. The Balaban J connectivity index is 1.26. The fourth-order valence-electron chi connectivity index (χ4n) is 8.17. The number of amides is 1. The van der Waals surface area contributed by atoms with Gasteiger partial charge < -0.3 is 20.3 Å². The van der Waals surface area contributed by atoms with Crippen LogP contribution in [-0.2, 0) is 16.6 Å². The van der Waals surface area contributed by atoms with Gasteiger partial charge in [0, 0.05) is 18.2 Å². The number of rotatable bonds is 6. The van der Waals surface area contributed by atoms with Crippen molar-refractivity contribution in [1.82, 2.24) is 10.2 Å². The van der Waals surface area contributed by atoms with Crippen LogP contribution >= 0.6 is 0 Å². The fourth-order valence-corrected chi connectivity index (χ4v) is 8.17.